The number of hydrogen-bond acceptors (Lipinski definition) is 0. The molecule has 1 heteroatoms. The van der Waals surface area contributed by atoms with Gasteiger partial charge in [0.1, 0.15) is 0 Å². The molecule has 1 aromatic carbocycles. The maximum atomic E-state index is 3.57. The third-order valence-corrected chi connectivity index (χ3v) is 4.45. The van der Waals surface area contributed by atoms with E-state index >= 15 is 0 Å². The lowest BCUT2D eigenvalue weighted by Crippen LogP contribution is -2.14. The molecule has 0 saturated heterocycles. The monoisotopic (exact) mass is 280 g/mol. The highest BCUT2D eigenvalue weighted by atomic mass is 79.9. The van der Waals surface area contributed by atoms with E-state index in [4.69, 9.17) is 0 Å². The molecule has 0 aliphatic heterocycles. The summed E-state index contributed by atoms with van der Waals surface area (Å²) >= 11 is 3.57. The molecule has 0 nitrogen and oxygen atoms in total. The molecule has 1 fully saturated rings. The Hall–Kier alpha value is -0.300. The summed E-state index contributed by atoms with van der Waals surface area (Å²) in [5.41, 5.74) is 2.98. The van der Waals surface area contributed by atoms with Gasteiger partial charge >= 0.3 is 0 Å². The third-order valence-electron chi connectivity index (χ3n) is 3.96. The van der Waals surface area contributed by atoms with E-state index in [1.54, 1.807) is 0 Å². The van der Waals surface area contributed by atoms with Crippen molar-refractivity contribution in [2.75, 3.05) is 0 Å². The Morgan fingerprint density at radius 2 is 1.88 bits per heavy atom. The van der Waals surface area contributed by atoms with Gasteiger partial charge in [-0.15, -0.1) is 0 Å². The minimum atomic E-state index is 0.921. The molecule has 0 amide bonds. The van der Waals surface area contributed by atoms with Crippen LogP contribution in [0.5, 0.6) is 0 Å². The fourth-order valence-corrected chi connectivity index (χ4v) is 3.11. The van der Waals surface area contributed by atoms with Crippen molar-refractivity contribution in [1.82, 2.24) is 0 Å². The highest BCUT2D eigenvalue weighted by Crippen LogP contribution is 2.31. The van der Waals surface area contributed by atoms with Crippen LogP contribution in [0, 0.1) is 18.8 Å². The normalized spacial score (nSPS) is 25.7. The van der Waals surface area contributed by atoms with Gasteiger partial charge in [-0.25, -0.2) is 0 Å². The van der Waals surface area contributed by atoms with E-state index in [2.05, 4.69) is 48.0 Å². The second-order valence-electron chi connectivity index (χ2n) is 5.40. The second kappa shape index (κ2) is 5.35. The molecule has 1 saturated carbocycles. The van der Waals surface area contributed by atoms with E-state index in [9.17, 15) is 0 Å². The highest BCUT2D eigenvalue weighted by molar-refractivity contribution is 9.10. The Labute approximate surface area is 108 Å². The SMILES string of the molecule is Cc1ccc(Br)cc1CC1CCC(C)CC1. The molecule has 88 valence electrons. The molecule has 0 unspecified atom stereocenters. The molecule has 2 rings (SSSR count). The Kier molecular flexibility index (Phi) is 4.07. The first-order valence-corrected chi connectivity index (χ1v) is 7.19. The average Bonchev–Trinajstić information content (AvgIpc) is 2.27. The van der Waals surface area contributed by atoms with Crippen LogP contribution in [0.3, 0.4) is 0 Å². The number of aryl methyl sites for hydroxylation is 1. The van der Waals surface area contributed by atoms with Crippen LogP contribution in [-0.4, -0.2) is 0 Å². The number of rotatable bonds is 2. The molecule has 1 aromatic rings. The summed E-state index contributed by atoms with van der Waals surface area (Å²) < 4.78 is 1.22. The van der Waals surface area contributed by atoms with Crippen molar-refractivity contribution in [3.8, 4) is 0 Å². The Balaban J connectivity index is 2.00. The molecular weight excluding hydrogens is 260 g/mol. The van der Waals surface area contributed by atoms with Crippen LogP contribution < -0.4 is 0 Å². The molecule has 0 aromatic heterocycles. The molecule has 1 aliphatic rings. The van der Waals surface area contributed by atoms with Crippen molar-refractivity contribution in [2.24, 2.45) is 11.8 Å². The zero-order valence-corrected chi connectivity index (χ0v) is 11.9. The van der Waals surface area contributed by atoms with Gasteiger partial charge in [0.05, 0.1) is 0 Å². The fourth-order valence-electron chi connectivity index (χ4n) is 2.70. The summed E-state index contributed by atoms with van der Waals surface area (Å²) in [7, 11) is 0. The van der Waals surface area contributed by atoms with Gasteiger partial charge < -0.3 is 0 Å². The predicted molar refractivity (Wildman–Crippen MR) is 73.7 cm³/mol. The standard InChI is InChI=1S/C15H21Br/c1-11-3-6-13(7-4-11)9-14-10-15(16)8-5-12(14)2/h5,8,10-11,13H,3-4,6-7,9H2,1-2H3. The molecule has 0 N–H and O–H groups in total. The van der Waals surface area contributed by atoms with Gasteiger partial charge in [-0.2, -0.15) is 0 Å². The van der Waals surface area contributed by atoms with Gasteiger partial charge in [0, 0.05) is 4.47 Å². The van der Waals surface area contributed by atoms with Crippen molar-refractivity contribution in [3.63, 3.8) is 0 Å². The largest absolute Gasteiger partial charge is 0.0625 e. The highest BCUT2D eigenvalue weighted by Gasteiger charge is 2.18. The molecule has 0 spiro atoms. The lowest BCUT2D eigenvalue weighted by molar-refractivity contribution is 0.288. The van der Waals surface area contributed by atoms with Crippen molar-refractivity contribution in [2.45, 2.75) is 46.0 Å². The van der Waals surface area contributed by atoms with Gasteiger partial charge in [0.25, 0.3) is 0 Å². The van der Waals surface area contributed by atoms with Gasteiger partial charge in [-0.05, 0) is 61.3 Å². The smallest absolute Gasteiger partial charge is 0.0178 e. The maximum absolute atomic E-state index is 3.57. The third kappa shape index (κ3) is 3.10. The number of hydrogen-bond donors (Lipinski definition) is 0. The van der Waals surface area contributed by atoms with E-state index < -0.39 is 0 Å². The van der Waals surface area contributed by atoms with Crippen molar-refractivity contribution in [3.05, 3.63) is 33.8 Å². The minimum Gasteiger partial charge on any atom is -0.0625 e. The van der Waals surface area contributed by atoms with Crippen molar-refractivity contribution < 1.29 is 0 Å². The number of halogens is 1. The molecular formula is C15H21Br. The quantitative estimate of drug-likeness (QED) is 0.705. The molecule has 0 atom stereocenters. The van der Waals surface area contributed by atoms with Crippen LogP contribution in [0.2, 0.25) is 0 Å². The lowest BCUT2D eigenvalue weighted by Gasteiger charge is -2.26. The lowest BCUT2D eigenvalue weighted by atomic mass is 9.79. The van der Waals surface area contributed by atoms with Crippen molar-refractivity contribution in [1.29, 1.82) is 0 Å². The van der Waals surface area contributed by atoms with E-state index in [1.807, 2.05) is 0 Å². The molecule has 0 heterocycles. The van der Waals surface area contributed by atoms with E-state index in [1.165, 1.54) is 47.7 Å². The second-order valence-corrected chi connectivity index (χ2v) is 6.32. The van der Waals surface area contributed by atoms with Crippen LogP contribution in [0.25, 0.3) is 0 Å². The zero-order chi connectivity index (χ0) is 11.5. The van der Waals surface area contributed by atoms with Gasteiger partial charge in [-0.3, -0.25) is 0 Å². The van der Waals surface area contributed by atoms with Gasteiger partial charge in [0.2, 0.25) is 0 Å². The van der Waals surface area contributed by atoms with Gasteiger partial charge in [-0.1, -0.05) is 41.8 Å². The van der Waals surface area contributed by atoms with Crippen LogP contribution in [0.1, 0.15) is 43.7 Å². The molecule has 1 aliphatic carbocycles. The summed E-state index contributed by atoms with van der Waals surface area (Å²) in [6.45, 7) is 4.62. The van der Waals surface area contributed by atoms with E-state index in [-0.39, 0.29) is 0 Å². The molecule has 0 radical (unpaired) electrons. The first-order chi connectivity index (χ1) is 7.65. The van der Waals surface area contributed by atoms with Crippen molar-refractivity contribution >= 4 is 15.9 Å². The zero-order valence-electron chi connectivity index (χ0n) is 10.3. The fraction of sp³-hybridized carbons (Fsp3) is 0.600. The summed E-state index contributed by atoms with van der Waals surface area (Å²) in [4.78, 5) is 0. The van der Waals surface area contributed by atoms with Crippen LogP contribution >= 0.6 is 15.9 Å². The first kappa shape index (κ1) is 12.2. The average molecular weight is 281 g/mol. The summed E-state index contributed by atoms with van der Waals surface area (Å²) in [5.74, 6) is 1.88. The van der Waals surface area contributed by atoms with E-state index in [0.29, 0.717) is 0 Å². The summed E-state index contributed by atoms with van der Waals surface area (Å²) in [5, 5.41) is 0. The van der Waals surface area contributed by atoms with Crippen LogP contribution in [-0.2, 0) is 6.42 Å². The van der Waals surface area contributed by atoms with Crippen LogP contribution in [0.4, 0.5) is 0 Å². The summed E-state index contributed by atoms with van der Waals surface area (Å²) in [6, 6.07) is 6.67. The van der Waals surface area contributed by atoms with E-state index in [0.717, 1.165) is 11.8 Å². The molecule has 0 bridgehead atoms. The topological polar surface area (TPSA) is 0 Å². The minimum absolute atomic E-state index is 0.921. The van der Waals surface area contributed by atoms with Gasteiger partial charge in [0.15, 0.2) is 0 Å². The Bertz CT molecular complexity index is 348. The van der Waals surface area contributed by atoms with Crippen LogP contribution in [0.15, 0.2) is 22.7 Å². The first-order valence-electron chi connectivity index (χ1n) is 6.40. The Morgan fingerprint density at radius 1 is 1.19 bits per heavy atom. The summed E-state index contributed by atoms with van der Waals surface area (Å²) in [6.07, 6.45) is 6.98. The maximum Gasteiger partial charge on any atom is 0.0178 e. The Morgan fingerprint density at radius 3 is 2.56 bits per heavy atom. The number of benzene rings is 1. The molecule has 16 heavy (non-hydrogen) atoms. The predicted octanol–water partition coefficient (Wildman–Crippen LogP) is 5.13.